The van der Waals surface area contributed by atoms with Crippen molar-refractivity contribution in [3.05, 3.63) is 0 Å². The maximum Gasteiger partial charge on any atom is 0.320 e. The van der Waals surface area contributed by atoms with E-state index in [1.807, 2.05) is 0 Å². The number of aldehydes is 1. The van der Waals surface area contributed by atoms with Crippen molar-refractivity contribution in [1.82, 2.24) is 5.32 Å². The molecule has 0 aliphatic heterocycles. The van der Waals surface area contributed by atoms with E-state index in [4.69, 9.17) is 5.11 Å². The molecular formula is C10H19NO3. The molecule has 4 nitrogen and oxygen atoms in total. The van der Waals surface area contributed by atoms with E-state index in [2.05, 4.69) is 12.2 Å². The Morgan fingerprint density at radius 1 is 1.50 bits per heavy atom. The number of aliphatic carboxylic acids is 1. The average molecular weight is 201 g/mol. The van der Waals surface area contributed by atoms with E-state index in [-0.39, 0.29) is 0 Å². The van der Waals surface area contributed by atoms with Crippen LogP contribution in [0.2, 0.25) is 0 Å². The Bertz CT molecular complexity index is 171. The van der Waals surface area contributed by atoms with Crippen molar-refractivity contribution in [2.24, 2.45) is 0 Å². The third kappa shape index (κ3) is 6.60. The molecule has 0 aromatic rings. The number of rotatable bonds is 9. The van der Waals surface area contributed by atoms with Crippen LogP contribution >= 0.6 is 0 Å². The highest BCUT2D eigenvalue weighted by molar-refractivity contribution is 5.73. The van der Waals surface area contributed by atoms with Gasteiger partial charge in [-0.05, 0) is 19.4 Å². The van der Waals surface area contributed by atoms with E-state index in [9.17, 15) is 9.59 Å². The van der Waals surface area contributed by atoms with Crippen molar-refractivity contribution in [2.45, 2.75) is 45.1 Å². The molecule has 0 unspecified atom stereocenters. The Labute approximate surface area is 84.7 Å². The van der Waals surface area contributed by atoms with Crippen LogP contribution in [0.5, 0.6) is 0 Å². The van der Waals surface area contributed by atoms with Gasteiger partial charge in [0.05, 0.1) is 0 Å². The Morgan fingerprint density at radius 2 is 2.21 bits per heavy atom. The van der Waals surface area contributed by atoms with Crippen LogP contribution in [0.4, 0.5) is 0 Å². The molecule has 0 spiro atoms. The average Bonchev–Trinajstić information content (AvgIpc) is 2.16. The van der Waals surface area contributed by atoms with Crippen molar-refractivity contribution in [3.63, 3.8) is 0 Å². The van der Waals surface area contributed by atoms with Gasteiger partial charge in [0.1, 0.15) is 12.3 Å². The monoisotopic (exact) mass is 201 g/mol. The van der Waals surface area contributed by atoms with Gasteiger partial charge in [0.2, 0.25) is 0 Å². The van der Waals surface area contributed by atoms with Gasteiger partial charge in [0.15, 0.2) is 0 Å². The summed E-state index contributed by atoms with van der Waals surface area (Å²) in [6.45, 7) is 2.81. The molecule has 0 bridgehead atoms. The molecule has 14 heavy (non-hydrogen) atoms. The summed E-state index contributed by atoms with van der Waals surface area (Å²) in [6.07, 6.45) is 4.65. The lowest BCUT2D eigenvalue weighted by molar-refractivity contribution is -0.139. The maximum atomic E-state index is 10.7. The Morgan fingerprint density at radius 3 is 2.71 bits per heavy atom. The minimum absolute atomic E-state index is 0.303. The Hall–Kier alpha value is -0.900. The zero-order chi connectivity index (χ0) is 10.8. The number of hydrogen-bond donors (Lipinski definition) is 2. The van der Waals surface area contributed by atoms with Crippen molar-refractivity contribution < 1.29 is 14.7 Å². The highest BCUT2D eigenvalue weighted by Crippen LogP contribution is 1.97. The van der Waals surface area contributed by atoms with Crippen molar-refractivity contribution in [2.75, 3.05) is 6.54 Å². The van der Waals surface area contributed by atoms with Gasteiger partial charge in [-0.1, -0.05) is 19.8 Å². The fourth-order valence-corrected chi connectivity index (χ4v) is 1.20. The van der Waals surface area contributed by atoms with Gasteiger partial charge in [-0.2, -0.15) is 0 Å². The second-order valence-corrected chi connectivity index (χ2v) is 3.30. The van der Waals surface area contributed by atoms with E-state index < -0.39 is 12.0 Å². The van der Waals surface area contributed by atoms with Gasteiger partial charge in [0, 0.05) is 6.42 Å². The van der Waals surface area contributed by atoms with E-state index in [0.717, 1.165) is 25.5 Å². The second-order valence-electron chi connectivity index (χ2n) is 3.30. The molecule has 82 valence electrons. The van der Waals surface area contributed by atoms with E-state index >= 15 is 0 Å². The molecule has 0 aliphatic rings. The number of nitrogens with one attached hydrogen (secondary N) is 1. The summed E-state index contributed by atoms with van der Waals surface area (Å²) < 4.78 is 0. The molecule has 0 aromatic heterocycles. The smallest absolute Gasteiger partial charge is 0.320 e. The molecule has 0 aliphatic carbocycles. The van der Waals surface area contributed by atoms with Crippen LogP contribution < -0.4 is 5.32 Å². The summed E-state index contributed by atoms with van der Waals surface area (Å²) in [6, 6.07) is -0.572. The topological polar surface area (TPSA) is 66.4 Å². The molecule has 0 amide bonds. The number of carbonyl (C=O) groups is 2. The molecule has 0 heterocycles. The first-order valence-electron chi connectivity index (χ1n) is 5.12. The highest BCUT2D eigenvalue weighted by Gasteiger charge is 2.14. The third-order valence-electron chi connectivity index (χ3n) is 2.04. The molecule has 1 atom stereocenters. The number of carbonyl (C=O) groups excluding carboxylic acids is 1. The van der Waals surface area contributed by atoms with E-state index in [1.54, 1.807) is 0 Å². The summed E-state index contributed by atoms with van der Waals surface area (Å²) >= 11 is 0. The predicted octanol–water partition coefficient (Wildman–Crippen LogP) is 1.20. The van der Waals surface area contributed by atoms with Gasteiger partial charge in [-0.15, -0.1) is 0 Å². The molecule has 0 fully saturated rings. The lowest BCUT2D eigenvalue weighted by atomic mass is 10.1. The third-order valence-corrected chi connectivity index (χ3v) is 2.04. The van der Waals surface area contributed by atoms with Crippen LogP contribution in [-0.4, -0.2) is 29.9 Å². The molecule has 2 N–H and O–H groups in total. The number of carboxylic acids is 1. The zero-order valence-electron chi connectivity index (χ0n) is 8.66. The Balaban J connectivity index is 3.62. The summed E-state index contributed by atoms with van der Waals surface area (Å²) in [5, 5.41) is 11.7. The van der Waals surface area contributed by atoms with Crippen LogP contribution in [-0.2, 0) is 9.59 Å². The molecule has 4 heteroatoms. The fraction of sp³-hybridized carbons (Fsp3) is 0.800. The van der Waals surface area contributed by atoms with E-state index in [0.29, 0.717) is 19.4 Å². The fourth-order valence-electron chi connectivity index (χ4n) is 1.20. The second kappa shape index (κ2) is 8.69. The van der Waals surface area contributed by atoms with Crippen molar-refractivity contribution >= 4 is 12.3 Å². The quantitative estimate of drug-likeness (QED) is 0.434. The zero-order valence-corrected chi connectivity index (χ0v) is 8.66. The van der Waals surface area contributed by atoms with Gasteiger partial charge >= 0.3 is 5.97 Å². The standard InChI is InChI=1S/C10H19NO3/c1-2-3-4-7-11-9(10(13)14)6-5-8-12/h8-9,11H,2-7H2,1H3,(H,13,14)/t9-/m0/s1. The first-order chi connectivity index (χ1) is 6.72. The molecule has 0 radical (unpaired) electrons. The summed E-state index contributed by atoms with van der Waals surface area (Å²) in [4.78, 5) is 20.8. The lowest BCUT2D eigenvalue weighted by Gasteiger charge is -2.12. The van der Waals surface area contributed by atoms with Gasteiger partial charge < -0.3 is 15.2 Å². The summed E-state index contributed by atoms with van der Waals surface area (Å²) in [5.41, 5.74) is 0. The van der Waals surface area contributed by atoms with Crippen LogP contribution in [0.25, 0.3) is 0 Å². The van der Waals surface area contributed by atoms with Gasteiger partial charge in [-0.3, -0.25) is 4.79 Å². The first kappa shape index (κ1) is 13.1. The highest BCUT2D eigenvalue weighted by atomic mass is 16.4. The molecule has 0 saturated carbocycles. The molecular weight excluding hydrogens is 182 g/mol. The molecule has 0 aromatic carbocycles. The normalized spacial score (nSPS) is 12.4. The maximum absolute atomic E-state index is 10.7. The van der Waals surface area contributed by atoms with Crippen LogP contribution in [0.15, 0.2) is 0 Å². The van der Waals surface area contributed by atoms with Crippen molar-refractivity contribution in [1.29, 1.82) is 0 Å². The minimum atomic E-state index is -0.872. The predicted molar refractivity (Wildman–Crippen MR) is 54.2 cm³/mol. The lowest BCUT2D eigenvalue weighted by Crippen LogP contribution is -2.37. The van der Waals surface area contributed by atoms with Gasteiger partial charge in [0.25, 0.3) is 0 Å². The first-order valence-corrected chi connectivity index (χ1v) is 5.12. The van der Waals surface area contributed by atoms with Gasteiger partial charge in [-0.25, -0.2) is 0 Å². The van der Waals surface area contributed by atoms with E-state index in [1.165, 1.54) is 0 Å². The van der Waals surface area contributed by atoms with Crippen LogP contribution in [0.1, 0.15) is 39.0 Å². The van der Waals surface area contributed by atoms with Crippen LogP contribution in [0, 0.1) is 0 Å². The summed E-state index contributed by atoms with van der Waals surface area (Å²) in [5.74, 6) is -0.872. The number of unbranched alkanes of at least 4 members (excludes halogenated alkanes) is 2. The van der Waals surface area contributed by atoms with Crippen molar-refractivity contribution in [3.8, 4) is 0 Å². The van der Waals surface area contributed by atoms with Crippen LogP contribution in [0.3, 0.4) is 0 Å². The summed E-state index contributed by atoms with van der Waals surface area (Å²) in [7, 11) is 0. The molecule has 0 saturated heterocycles. The minimum Gasteiger partial charge on any atom is -0.480 e. The SMILES string of the molecule is CCCCCN[C@@H](CCC=O)C(=O)O. The largest absolute Gasteiger partial charge is 0.480 e. The Kier molecular flexibility index (Phi) is 8.13. The molecule has 0 rings (SSSR count). The number of carboxylic acid groups (broad SMARTS) is 1. The number of hydrogen-bond acceptors (Lipinski definition) is 3.